The molecule has 0 saturated carbocycles. The van der Waals surface area contributed by atoms with Gasteiger partial charge in [0, 0.05) is 44.1 Å². The summed E-state index contributed by atoms with van der Waals surface area (Å²) >= 11 is 7.49. The van der Waals surface area contributed by atoms with Crippen LogP contribution in [0.3, 0.4) is 0 Å². The summed E-state index contributed by atoms with van der Waals surface area (Å²) in [4.78, 5) is 31.5. The standard InChI is InChI=1S/C25H31ClN4O3S/c1-3-22(28-24-27-14-21(26)34-24)30-16-25(11-12-29(15-25)17(2)31)19-13-18(9-10-20(19)30)7-5-4-6-8-23(32)33/h3,9-10,13-14H,4-8,11-12,15-16H2,1-2H3,(H,27,28)(H,32,33). The van der Waals surface area contributed by atoms with Crippen molar-refractivity contribution >= 4 is 45.6 Å². The van der Waals surface area contributed by atoms with E-state index in [-0.39, 0.29) is 17.7 Å². The zero-order chi connectivity index (χ0) is 24.3. The van der Waals surface area contributed by atoms with E-state index in [0.717, 1.165) is 55.4 Å². The summed E-state index contributed by atoms with van der Waals surface area (Å²) in [6.45, 7) is 5.92. The van der Waals surface area contributed by atoms with Gasteiger partial charge in [0.25, 0.3) is 0 Å². The molecule has 1 spiro atoms. The summed E-state index contributed by atoms with van der Waals surface area (Å²) in [5.41, 5.74) is 3.59. The van der Waals surface area contributed by atoms with Gasteiger partial charge in [-0.3, -0.25) is 9.59 Å². The van der Waals surface area contributed by atoms with Crippen molar-refractivity contribution in [2.24, 2.45) is 0 Å². The number of thiazole rings is 1. The number of carboxylic acid groups (broad SMARTS) is 1. The summed E-state index contributed by atoms with van der Waals surface area (Å²) in [5, 5.41) is 13.0. The Hall–Kier alpha value is -2.58. The molecule has 2 aromatic rings. The molecule has 7 nitrogen and oxygen atoms in total. The van der Waals surface area contributed by atoms with Crippen molar-refractivity contribution in [3.63, 3.8) is 0 Å². The van der Waals surface area contributed by atoms with E-state index >= 15 is 0 Å². The molecule has 2 aliphatic heterocycles. The van der Waals surface area contributed by atoms with Gasteiger partial charge in [0.1, 0.15) is 10.2 Å². The fourth-order valence-electron chi connectivity index (χ4n) is 5.08. The van der Waals surface area contributed by atoms with Gasteiger partial charge >= 0.3 is 5.97 Å². The van der Waals surface area contributed by atoms with Crippen LogP contribution in [0.2, 0.25) is 4.34 Å². The molecule has 1 fully saturated rings. The van der Waals surface area contributed by atoms with Crippen molar-refractivity contribution in [2.45, 2.75) is 57.8 Å². The highest BCUT2D eigenvalue weighted by Crippen LogP contribution is 2.48. The summed E-state index contributed by atoms with van der Waals surface area (Å²) in [7, 11) is 0. The molecular weight excluding hydrogens is 472 g/mol. The van der Waals surface area contributed by atoms with Crippen molar-refractivity contribution in [2.75, 3.05) is 29.9 Å². The number of aliphatic carboxylic acids is 1. The predicted octanol–water partition coefficient (Wildman–Crippen LogP) is 5.27. The van der Waals surface area contributed by atoms with Crippen molar-refractivity contribution in [3.8, 4) is 0 Å². The molecule has 0 radical (unpaired) electrons. The Kier molecular flexibility index (Phi) is 7.48. The first-order valence-corrected chi connectivity index (χ1v) is 12.9. The molecule has 9 heteroatoms. The number of hydrogen-bond acceptors (Lipinski definition) is 6. The lowest BCUT2D eigenvalue weighted by atomic mass is 9.80. The smallest absolute Gasteiger partial charge is 0.303 e. The fraction of sp³-hybridized carbons (Fsp3) is 0.480. The van der Waals surface area contributed by atoms with Crippen LogP contribution in [0, 0.1) is 0 Å². The SMILES string of the molecule is CC=C(Nc1ncc(Cl)s1)N1CC2(CCN(C(C)=O)C2)c2cc(CCCCCC(=O)O)ccc21. The van der Waals surface area contributed by atoms with Gasteiger partial charge in [-0.1, -0.05) is 41.5 Å². The summed E-state index contributed by atoms with van der Waals surface area (Å²) < 4.78 is 0.636. The first kappa shape index (κ1) is 24.5. The number of aryl methyl sites for hydroxylation is 1. The van der Waals surface area contributed by atoms with Gasteiger partial charge in [-0.05, 0) is 55.9 Å². The molecule has 4 rings (SSSR count). The monoisotopic (exact) mass is 502 g/mol. The molecule has 1 unspecified atom stereocenters. The third-order valence-corrected chi connectivity index (χ3v) is 7.85. The minimum atomic E-state index is -0.732. The lowest BCUT2D eigenvalue weighted by Gasteiger charge is -2.27. The van der Waals surface area contributed by atoms with Crippen LogP contribution in [-0.4, -0.2) is 46.5 Å². The van der Waals surface area contributed by atoms with E-state index in [1.54, 1.807) is 13.1 Å². The van der Waals surface area contributed by atoms with Crippen LogP contribution in [0.15, 0.2) is 36.3 Å². The Labute approximate surface area is 209 Å². The first-order chi connectivity index (χ1) is 16.3. The first-order valence-electron chi connectivity index (χ1n) is 11.7. The minimum Gasteiger partial charge on any atom is -0.481 e. The maximum absolute atomic E-state index is 12.2. The highest BCUT2D eigenvalue weighted by atomic mass is 35.5. The van der Waals surface area contributed by atoms with Gasteiger partial charge in [0.2, 0.25) is 5.91 Å². The Balaban J connectivity index is 1.58. The number of aromatic nitrogens is 1. The second kappa shape index (κ2) is 10.4. The maximum atomic E-state index is 12.2. The number of likely N-dealkylation sites (tertiary alicyclic amines) is 1. The second-order valence-corrected chi connectivity index (χ2v) is 10.8. The molecule has 1 aromatic heterocycles. The highest BCUT2D eigenvalue weighted by molar-refractivity contribution is 7.19. The summed E-state index contributed by atoms with van der Waals surface area (Å²) in [5.74, 6) is 0.337. The number of unbranched alkanes of at least 4 members (excludes halogenated alkanes) is 2. The molecule has 1 aromatic carbocycles. The number of carboxylic acids is 1. The molecule has 2 N–H and O–H groups in total. The van der Waals surface area contributed by atoms with E-state index in [1.165, 1.54) is 22.5 Å². The number of amides is 1. The van der Waals surface area contributed by atoms with Crippen LogP contribution in [0.1, 0.15) is 57.1 Å². The van der Waals surface area contributed by atoms with Gasteiger partial charge in [0.15, 0.2) is 5.13 Å². The zero-order valence-corrected chi connectivity index (χ0v) is 21.2. The third-order valence-electron chi connectivity index (χ3n) is 6.82. The van der Waals surface area contributed by atoms with Crippen LogP contribution in [0.5, 0.6) is 0 Å². The van der Waals surface area contributed by atoms with Gasteiger partial charge in [-0.25, -0.2) is 4.98 Å². The molecule has 0 aliphatic carbocycles. The second-order valence-electron chi connectivity index (χ2n) is 9.13. The third kappa shape index (κ3) is 5.23. The number of halogens is 1. The van der Waals surface area contributed by atoms with Crippen LogP contribution in [-0.2, 0) is 21.4 Å². The molecule has 34 heavy (non-hydrogen) atoms. The van der Waals surface area contributed by atoms with Crippen molar-refractivity contribution < 1.29 is 14.7 Å². The number of benzene rings is 1. The maximum Gasteiger partial charge on any atom is 0.303 e. The molecule has 2 aliphatic rings. The predicted molar refractivity (Wildman–Crippen MR) is 137 cm³/mol. The molecule has 3 heterocycles. The lowest BCUT2D eigenvalue weighted by molar-refractivity contribution is -0.137. The number of nitrogens with one attached hydrogen (secondary N) is 1. The van der Waals surface area contributed by atoms with Crippen molar-refractivity contribution in [1.82, 2.24) is 9.88 Å². The highest BCUT2D eigenvalue weighted by Gasteiger charge is 2.48. The van der Waals surface area contributed by atoms with Crippen LogP contribution < -0.4 is 10.2 Å². The molecule has 182 valence electrons. The number of carbonyl (C=O) groups is 2. The van der Waals surface area contributed by atoms with Crippen LogP contribution in [0.25, 0.3) is 0 Å². The average molecular weight is 503 g/mol. The molecule has 1 atom stereocenters. The fourth-order valence-corrected chi connectivity index (χ4v) is 5.90. The molecule has 1 amide bonds. The molecular formula is C25H31ClN4O3S. The van der Waals surface area contributed by atoms with Crippen molar-refractivity contribution in [3.05, 3.63) is 51.8 Å². The Morgan fingerprint density at radius 3 is 2.76 bits per heavy atom. The molecule has 1 saturated heterocycles. The van der Waals surface area contributed by atoms with E-state index in [9.17, 15) is 9.59 Å². The quantitative estimate of drug-likeness (QED) is 0.454. The van der Waals surface area contributed by atoms with Gasteiger partial charge in [-0.2, -0.15) is 0 Å². The van der Waals surface area contributed by atoms with Gasteiger partial charge < -0.3 is 20.2 Å². The minimum absolute atomic E-state index is 0.114. The summed E-state index contributed by atoms with van der Waals surface area (Å²) in [6.07, 6.45) is 8.35. The van der Waals surface area contributed by atoms with E-state index in [4.69, 9.17) is 16.7 Å². The van der Waals surface area contributed by atoms with Gasteiger partial charge in [0.05, 0.1) is 6.20 Å². The zero-order valence-electron chi connectivity index (χ0n) is 19.6. The van der Waals surface area contributed by atoms with Crippen LogP contribution >= 0.6 is 22.9 Å². The van der Waals surface area contributed by atoms with Crippen LogP contribution in [0.4, 0.5) is 10.8 Å². The normalized spacial score (nSPS) is 19.7. The van der Waals surface area contributed by atoms with E-state index in [2.05, 4.69) is 33.4 Å². The number of fused-ring (bicyclic) bond motifs is 2. The largest absolute Gasteiger partial charge is 0.481 e. The number of hydrogen-bond donors (Lipinski definition) is 2. The number of allylic oxidation sites excluding steroid dienone is 1. The Morgan fingerprint density at radius 2 is 2.12 bits per heavy atom. The number of rotatable bonds is 9. The topological polar surface area (TPSA) is 85.8 Å². The van der Waals surface area contributed by atoms with E-state index in [1.807, 2.05) is 17.9 Å². The average Bonchev–Trinajstić information content (AvgIpc) is 3.50. The number of anilines is 2. The Bertz CT molecular complexity index is 1100. The van der Waals surface area contributed by atoms with E-state index < -0.39 is 5.97 Å². The van der Waals surface area contributed by atoms with Crippen molar-refractivity contribution in [1.29, 1.82) is 0 Å². The Morgan fingerprint density at radius 1 is 1.29 bits per heavy atom. The lowest BCUT2D eigenvalue weighted by Crippen LogP contribution is -2.38. The molecule has 0 bridgehead atoms. The number of carbonyl (C=O) groups excluding carboxylic acids is 1. The van der Waals surface area contributed by atoms with E-state index in [0.29, 0.717) is 17.3 Å². The number of nitrogens with zero attached hydrogens (tertiary/aromatic N) is 3. The summed E-state index contributed by atoms with van der Waals surface area (Å²) in [6, 6.07) is 6.67. The van der Waals surface area contributed by atoms with Gasteiger partial charge in [-0.15, -0.1) is 0 Å².